The van der Waals surface area contributed by atoms with Crippen molar-refractivity contribution in [2.75, 3.05) is 13.2 Å². The largest absolute Gasteiger partial charge is 0.381 e. The molecule has 1 aromatic carbocycles. The molecule has 0 N–H and O–H groups in total. The van der Waals surface area contributed by atoms with Crippen LogP contribution in [0.1, 0.15) is 35.9 Å². The second-order valence-corrected chi connectivity index (χ2v) is 7.71. The highest BCUT2D eigenvalue weighted by Crippen LogP contribution is 2.36. The van der Waals surface area contributed by atoms with Gasteiger partial charge in [0.15, 0.2) is 0 Å². The van der Waals surface area contributed by atoms with Crippen LogP contribution in [-0.2, 0) is 4.74 Å². The number of hydrogen-bond acceptors (Lipinski definition) is 5. The third-order valence-electron chi connectivity index (χ3n) is 5.90. The number of aryl methyl sites for hydroxylation is 2. The van der Waals surface area contributed by atoms with Gasteiger partial charge in [-0.05, 0) is 44.2 Å². The van der Waals surface area contributed by atoms with E-state index in [1.165, 1.54) is 5.56 Å². The summed E-state index contributed by atoms with van der Waals surface area (Å²) in [5.41, 5.74) is 5.96. The average Bonchev–Trinajstić information content (AvgIpc) is 3.32. The molecule has 4 aromatic rings. The van der Waals surface area contributed by atoms with Gasteiger partial charge < -0.3 is 13.8 Å². The minimum atomic E-state index is 0.213. The maximum absolute atomic E-state index is 5.63. The van der Waals surface area contributed by atoms with Gasteiger partial charge in [-0.15, -0.1) is 0 Å². The average molecular weight is 388 g/mol. The third-order valence-corrected chi connectivity index (χ3v) is 5.90. The van der Waals surface area contributed by atoms with Gasteiger partial charge in [0.2, 0.25) is 0 Å². The lowest BCUT2D eigenvalue weighted by Crippen LogP contribution is -2.26. The number of nitrogens with zero attached hydrogens (tertiary/aromatic N) is 4. The van der Waals surface area contributed by atoms with Gasteiger partial charge in [0.05, 0.1) is 41.0 Å². The molecule has 1 atom stereocenters. The second kappa shape index (κ2) is 7.44. The maximum atomic E-state index is 5.63. The summed E-state index contributed by atoms with van der Waals surface area (Å²) in [6, 6.07) is 13.0. The molecule has 0 amide bonds. The number of imidazole rings is 1. The fraction of sp³-hybridized carbons (Fsp3) is 0.348. The maximum Gasteiger partial charge on any atom is 0.143 e. The predicted molar refractivity (Wildman–Crippen MR) is 111 cm³/mol. The number of ether oxygens (including phenoxy) is 1. The Balaban J connectivity index is 1.66. The van der Waals surface area contributed by atoms with Gasteiger partial charge in [-0.3, -0.25) is 4.98 Å². The number of pyridine rings is 1. The summed E-state index contributed by atoms with van der Waals surface area (Å²) in [7, 11) is 0. The molecule has 6 nitrogen and oxygen atoms in total. The van der Waals surface area contributed by atoms with Crippen LogP contribution in [0.25, 0.3) is 22.3 Å². The van der Waals surface area contributed by atoms with Crippen LogP contribution >= 0.6 is 0 Å². The van der Waals surface area contributed by atoms with Crippen LogP contribution in [0.5, 0.6) is 0 Å². The van der Waals surface area contributed by atoms with E-state index in [2.05, 4.69) is 56.1 Å². The molecule has 29 heavy (non-hydrogen) atoms. The number of fused-ring (bicyclic) bond motifs is 1. The fourth-order valence-corrected chi connectivity index (χ4v) is 4.48. The van der Waals surface area contributed by atoms with E-state index in [4.69, 9.17) is 9.26 Å². The van der Waals surface area contributed by atoms with Gasteiger partial charge in [0.25, 0.3) is 0 Å². The standard InChI is InChI=1S/C23H24N4O2/c1-15-22(16(2)29-26-15)19-12-21-20(13-24-19)25-14-27(21)23(17-6-4-3-5-7-17)18-8-10-28-11-9-18/h3-7,12-14,18,23H,8-11H2,1-2H3/t23-/m1/s1. The van der Waals surface area contributed by atoms with Crippen molar-refractivity contribution in [3.63, 3.8) is 0 Å². The lowest BCUT2D eigenvalue weighted by atomic mass is 9.86. The predicted octanol–water partition coefficient (Wildman–Crippen LogP) is 4.72. The third kappa shape index (κ3) is 3.23. The van der Waals surface area contributed by atoms with E-state index >= 15 is 0 Å². The molecule has 0 saturated carbocycles. The van der Waals surface area contributed by atoms with Crippen molar-refractivity contribution in [2.45, 2.75) is 32.7 Å². The molecule has 1 aliphatic heterocycles. The van der Waals surface area contributed by atoms with Crippen molar-refractivity contribution in [3.05, 3.63) is 65.9 Å². The Morgan fingerprint density at radius 2 is 1.86 bits per heavy atom. The molecule has 0 bridgehead atoms. The van der Waals surface area contributed by atoms with Crippen LogP contribution in [0.3, 0.4) is 0 Å². The summed E-state index contributed by atoms with van der Waals surface area (Å²) >= 11 is 0. The summed E-state index contributed by atoms with van der Waals surface area (Å²) in [5, 5.41) is 4.09. The van der Waals surface area contributed by atoms with Crippen molar-refractivity contribution >= 4 is 11.0 Å². The molecule has 1 fully saturated rings. The number of benzene rings is 1. The molecule has 0 aliphatic carbocycles. The Bertz CT molecular complexity index is 1110. The molecule has 1 saturated heterocycles. The van der Waals surface area contributed by atoms with E-state index in [0.29, 0.717) is 5.92 Å². The first kappa shape index (κ1) is 18.1. The van der Waals surface area contributed by atoms with Gasteiger partial charge in [-0.25, -0.2) is 4.98 Å². The van der Waals surface area contributed by atoms with E-state index in [0.717, 1.165) is 59.8 Å². The molecule has 1 aliphatic rings. The van der Waals surface area contributed by atoms with Crippen LogP contribution in [0.2, 0.25) is 0 Å². The number of aromatic nitrogens is 4. The zero-order chi connectivity index (χ0) is 19.8. The molecular weight excluding hydrogens is 364 g/mol. The molecule has 3 aromatic heterocycles. The van der Waals surface area contributed by atoms with Crippen molar-refractivity contribution < 1.29 is 9.26 Å². The lowest BCUT2D eigenvalue weighted by molar-refractivity contribution is 0.0547. The smallest absolute Gasteiger partial charge is 0.143 e. The molecule has 4 heterocycles. The monoisotopic (exact) mass is 388 g/mol. The van der Waals surface area contributed by atoms with E-state index in [-0.39, 0.29) is 6.04 Å². The highest BCUT2D eigenvalue weighted by atomic mass is 16.5. The Labute approximate surface area is 169 Å². The van der Waals surface area contributed by atoms with Gasteiger partial charge in [-0.2, -0.15) is 0 Å². The first-order chi connectivity index (χ1) is 14.2. The van der Waals surface area contributed by atoms with Gasteiger partial charge in [0, 0.05) is 13.2 Å². The normalized spacial score (nSPS) is 16.3. The Hall–Kier alpha value is -2.99. The summed E-state index contributed by atoms with van der Waals surface area (Å²) < 4.78 is 13.3. The van der Waals surface area contributed by atoms with Crippen LogP contribution in [0.15, 0.2) is 53.4 Å². The fourth-order valence-electron chi connectivity index (χ4n) is 4.48. The molecule has 0 radical (unpaired) electrons. The van der Waals surface area contributed by atoms with E-state index in [1.54, 1.807) is 0 Å². The molecule has 6 heteroatoms. The van der Waals surface area contributed by atoms with E-state index < -0.39 is 0 Å². The van der Waals surface area contributed by atoms with Crippen molar-refractivity contribution in [1.82, 2.24) is 19.7 Å². The van der Waals surface area contributed by atoms with Crippen LogP contribution in [0, 0.1) is 19.8 Å². The molecule has 148 valence electrons. The Kier molecular flexibility index (Phi) is 4.64. The Morgan fingerprint density at radius 1 is 1.07 bits per heavy atom. The van der Waals surface area contributed by atoms with E-state index in [9.17, 15) is 0 Å². The van der Waals surface area contributed by atoms with Crippen LogP contribution in [0.4, 0.5) is 0 Å². The van der Waals surface area contributed by atoms with Crippen molar-refractivity contribution in [3.8, 4) is 11.3 Å². The quantitative estimate of drug-likeness (QED) is 0.506. The first-order valence-corrected chi connectivity index (χ1v) is 10.1. The summed E-state index contributed by atoms with van der Waals surface area (Å²) in [4.78, 5) is 9.29. The van der Waals surface area contributed by atoms with Crippen molar-refractivity contribution in [2.24, 2.45) is 5.92 Å². The summed E-state index contributed by atoms with van der Waals surface area (Å²) in [6.45, 7) is 5.50. The zero-order valence-corrected chi connectivity index (χ0v) is 16.7. The summed E-state index contributed by atoms with van der Waals surface area (Å²) in [5.74, 6) is 1.28. The molecule has 5 rings (SSSR count). The van der Waals surface area contributed by atoms with Crippen molar-refractivity contribution in [1.29, 1.82) is 0 Å². The van der Waals surface area contributed by atoms with E-state index in [1.807, 2.05) is 26.4 Å². The minimum Gasteiger partial charge on any atom is -0.381 e. The van der Waals surface area contributed by atoms with Gasteiger partial charge >= 0.3 is 0 Å². The number of hydrogen-bond donors (Lipinski definition) is 0. The first-order valence-electron chi connectivity index (χ1n) is 10.1. The van der Waals surface area contributed by atoms with Gasteiger partial charge in [-0.1, -0.05) is 35.5 Å². The highest BCUT2D eigenvalue weighted by Gasteiger charge is 2.28. The molecular formula is C23H24N4O2. The minimum absolute atomic E-state index is 0.213. The van der Waals surface area contributed by atoms with Crippen LogP contribution < -0.4 is 0 Å². The molecule has 0 spiro atoms. The Morgan fingerprint density at radius 3 is 2.59 bits per heavy atom. The topological polar surface area (TPSA) is 66.0 Å². The lowest BCUT2D eigenvalue weighted by Gasteiger charge is -2.32. The zero-order valence-electron chi connectivity index (χ0n) is 16.7. The second-order valence-electron chi connectivity index (χ2n) is 7.71. The molecule has 0 unspecified atom stereocenters. The summed E-state index contributed by atoms with van der Waals surface area (Å²) in [6.07, 6.45) is 5.89. The van der Waals surface area contributed by atoms with Gasteiger partial charge in [0.1, 0.15) is 11.3 Å². The van der Waals surface area contributed by atoms with Crippen LogP contribution in [-0.4, -0.2) is 32.9 Å². The highest BCUT2D eigenvalue weighted by molar-refractivity contribution is 5.80. The SMILES string of the molecule is Cc1noc(C)c1-c1cc2c(cn1)ncn2[C@H](c1ccccc1)C1CCOCC1. The number of rotatable bonds is 4.